The Bertz CT molecular complexity index is 1140. The second kappa shape index (κ2) is 17.0. The Labute approximate surface area is 275 Å². The van der Waals surface area contributed by atoms with Crippen LogP contribution in [0.15, 0.2) is 102 Å². The van der Waals surface area contributed by atoms with Crippen molar-refractivity contribution < 1.29 is 21.7 Å². The molecular weight excluding hydrogens is 561 g/mol. The van der Waals surface area contributed by atoms with Gasteiger partial charge in [-0.25, -0.2) is 0 Å². The van der Waals surface area contributed by atoms with E-state index in [1.165, 1.54) is 44.2 Å². The molecule has 0 N–H and O–H groups in total. The Morgan fingerprint density at radius 2 is 1.02 bits per heavy atom. The van der Waals surface area contributed by atoms with Gasteiger partial charge in [-0.3, -0.25) is 4.74 Å². The summed E-state index contributed by atoms with van der Waals surface area (Å²) in [6.45, 7) is 30.4. The van der Waals surface area contributed by atoms with Gasteiger partial charge < -0.3 is 0 Å². The van der Waals surface area contributed by atoms with Crippen molar-refractivity contribution in [2.75, 3.05) is 0 Å². The summed E-state index contributed by atoms with van der Waals surface area (Å²) in [6.07, 6.45) is 15.3. The molecule has 1 aliphatic carbocycles. The number of hydrogen-bond donors (Lipinski definition) is 0. The van der Waals surface area contributed by atoms with Crippen molar-refractivity contribution in [2.24, 2.45) is 4.74 Å². The van der Waals surface area contributed by atoms with E-state index >= 15 is 0 Å². The van der Waals surface area contributed by atoms with Gasteiger partial charge in [0.1, 0.15) is 0 Å². The third-order valence-corrected chi connectivity index (χ3v) is 15.3. The predicted octanol–water partition coefficient (Wildman–Crippen LogP) is 13.2. The number of allylic oxidation sites excluding steroid dienone is 5. The minimum atomic E-state index is -1.69. The summed E-state index contributed by atoms with van der Waals surface area (Å²) in [5.74, 6) is 0. The maximum absolute atomic E-state index is 5.79. The second-order valence-electron chi connectivity index (χ2n) is 13.4. The largest absolute Gasteiger partial charge is 0.270 e. The summed E-state index contributed by atoms with van der Waals surface area (Å²) in [4.78, 5) is 0. The second-order valence-corrected chi connectivity index (χ2v) is 18.5. The van der Waals surface area contributed by atoms with Crippen LogP contribution in [0.1, 0.15) is 118 Å². The van der Waals surface area contributed by atoms with E-state index in [0.29, 0.717) is 0 Å². The maximum atomic E-state index is 5.79. The van der Waals surface area contributed by atoms with Crippen LogP contribution >= 0.6 is 7.05 Å². The Hall–Kier alpha value is -1.66. The fourth-order valence-corrected chi connectivity index (χ4v) is 15.4. The molecular formula is C39H58NPTi. The minimum Gasteiger partial charge on any atom is -0.270 e. The first-order valence-corrected chi connectivity index (χ1v) is 17.5. The molecule has 0 unspecified atom stereocenters. The quantitative estimate of drug-likeness (QED) is 0.120. The number of hydrogen-bond acceptors (Lipinski definition) is 1. The van der Waals surface area contributed by atoms with Crippen LogP contribution in [0.3, 0.4) is 0 Å². The Kier molecular flexibility index (Phi) is 15.5. The average Bonchev–Trinajstić information content (AvgIpc) is 3.45. The smallest absolute Gasteiger partial charge is 0.0425 e. The normalized spacial score (nSPS) is 13.4. The van der Waals surface area contributed by atoms with Crippen LogP contribution in [0, 0.1) is 0 Å². The van der Waals surface area contributed by atoms with Crippen molar-refractivity contribution in [1.82, 2.24) is 0 Å². The van der Waals surface area contributed by atoms with Gasteiger partial charge in [0.05, 0.1) is 0 Å². The first-order chi connectivity index (χ1) is 19.3. The molecule has 2 aromatic carbocycles. The molecule has 1 nitrogen and oxygen atoms in total. The van der Waals surface area contributed by atoms with E-state index in [2.05, 4.69) is 118 Å². The van der Waals surface area contributed by atoms with Crippen LogP contribution in [0.25, 0.3) is 11.1 Å². The molecule has 0 aliphatic heterocycles. The number of rotatable bonds is 13. The van der Waals surface area contributed by atoms with Crippen molar-refractivity contribution >= 4 is 18.2 Å². The molecule has 0 saturated heterocycles. The fraction of sp³-hybridized carbons (Fsp3) is 0.487. The van der Waals surface area contributed by atoms with Crippen LogP contribution in [-0.2, 0) is 21.7 Å². The summed E-state index contributed by atoms with van der Waals surface area (Å²) in [7, 11) is -1.69. The van der Waals surface area contributed by atoms with Gasteiger partial charge in [0.2, 0.25) is 0 Å². The van der Waals surface area contributed by atoms with Crippen LogP contribution < -0.4 is 0 Å². The standard InChI is InChI=1S/C23H44NP.C16H14.Ti/c1-10-17-21(4,5)25(22(6,7)18-11-2,23(8,9)19-12-3)24-20-15-13-14-16-20;1-13(15-9-5-3-6-10-15)14(2)16-11-7-4-8-12-16;/h13-15H,10-12,16-19H2,1-9H3;3-12H,1-2H2;. The predicted molar refractivity (Wildman–Crippen MR) is 189 cm³/mol. The zero-order chi connectivity index (χ0) is 30.7. The molecule has 1 aliphatic rings. The number of benzene rings is 2. The average molecular weight is 620 g/mol. The van der Waals surface area contributed by atoms with Gasteiger partial charge in [-0.2, -0.15) is 0 Å². The molecule has 0 aromatic heterocycles. The Morgan fingerprint density at radius 1 is 0.667 bits per heavy atom. The summed E-state index contributed by atoms with van der Waals surface area (Å²) in [5, 5.41) is 0.799. The summed E-state index contributed by atoms with van der Waals surface area (Å²) >= 11 is 0. The van der Waals surface area contributed by atoms with Gasteiger partial charge in [0, 0.05) is 49.3 Å². The van der Waals surface area contributed by atoms with Gasteiger partial charge in [-0.15, -0.1) is 0 Å². The first kappa shape index (κ1) is 38.4. The first-order valence-electron chi connectivity index (χ1n) is 15.8. The van der Waals surface area contributed by atoms with Crippen molar-refractivity contribution in [3.05, 3.63) is 109 Å². The van der Waals surface area contributed by atoms with E-state index in [9.17, 15) is 0 Å². The zero-order valence-corrected chi connectivity index (χ0v) is 30.7. The SMILES string of the molecule is C=C(C(=C)c1ccccc1)c1ccccc1.CCCC(C)(C)P(=NC1=CC=CC1)(C(C)(C)CCC)C(C)(C)CCC.[Ti]. The summed E-state index contributed by atoms with van der Waals surface area (Å²) in [5.41, 5.74) is 5.53. The molecule has 228 valence electrons. The molecule has 42 heavy (non-hydrogen) atoms. The van der Waals surface area contributed by atoms with Gasteiger partial charge in [-0.05, 0) is 54.7 Å². The molecule has 3 heteroatoms. The van der Waals surface area contributed by atoms with Crippen LogP contribution in [0.4, 0.5) is 0 Å². The van der Waals surface area contributed by atoms with Crippen LogP contribution in [0.2, 0.25) is 0 Å². The van der Waals surface area contributed by atoms with E-state index in [1.54, 1.807) is 0 Å². The third-order valence-electron chi connectivity index (χ3n) is 8.85. The fourth-order valence-electron chi connectivity index (χ4n) is 7.51. The van der Waals surface area contributed by atoms with E-state index in [4.69, 9.17) is 4.74 Å². The topological polar surface area (TPSA) is 12.4 Å². The minimum absolute atomic E-state index is 0. The Balaban J connectivity index is 0.000000446. The van der Waals surface area contributed by atoms with E-state index in [-0.39, 0.29) is 37.2 Å². The molecule has 0 heterocycles. The molecule has 0 bridgehead atoms. The molecule has 0 spiro atoms. The van der Waals surface area contributed by atoms with Gasteiger partial charge >= 0.3 is 0 Å². The molecule has 2 aromatic rings. The molecule has 3 rings (SSSR count). The summed E-state index contributed by atoms with van der Waals surface area (Å²) < 4.78 is 5.79. The van der Waals surface area contributed by atoms with Gasteiger partial charge in [0.25, 0.3) is 0 Å². The molecule has 0 radical (unpaired) electrons. The number of nitrogens with zero attached hydrogens (tertiary/aromatic N) is 1. The molecule has 0 atom stereocenters. The third kappa shape index (κ3) is 8.94. The monoisotopic (exact) mass is 619 g/mol. The van der Waals surface area contributed by atoms with Crippen molar-refractivity contribution in [2.45, 2.75) is 123 Å². The van der Waals surface area contributed by atoms with Crippen molar-refractivity contribution in [3.63, 3.8) is 0 Å². The van der Waals surface area contributed by atoms with Crippen LogP contribution in [-0.4, -0.2) is 15.5 Å². The van der Waals surface area contributed by atoms with E-state index in [1.807, 2.05) is 36.4 Å². The molecule has 0 fully saturated rings. The summed E-state index contributed by atoms with van der Waals surface area (Å²) in [6, 6.07) is 20.3. The van der Waals surface area contributed by atoms with E-state index < -0.39 is 7.05 Å². The van der Waals surface area contributed by atoms with Gasteiger partial charge in [-0.1, -0.05) is 168 Å². The Morgan fingerprint density at radius 3 is 1.31 bits per heavy atom. The zero-order valence-electron chi connectivity index (χ0n) is 28.3. The van der Waals surface area contributed by atoms with Crippen LogP contribution in [0.5, 0.6) is 0 Å². The van der Waals surface area contributed by atoms with Gasteiger partial charge in [0.15, 0.2) is 0 Å². The van der Waals surface area contributed by atoms with Crippen molar-refractivity contribution in [3.8, 4) is 0 Å². The molecule has 0 amide bonds. The van der Waals surface area contributed by atoms with E-state index in [0.717, 1.165) is 28.7 Å². The van der Waals surface area contributed by atoms with Crippen molar-refractivity contribution in [1.29, 1.82) is 0 Å². The maximum Gasteiger partial charge on any atom is 0.0425 e. The molecule has 0 saturated carbocycles.